The van der Waals surface area contributed by atoms with Gasteiger partial charge in [-0.2, -0.15) is 0 Å². The third-order valence-electron chi connectivity index (χ3n) is 5.48. The molecule has 6 aromatic rings. The van der Waals surface area contributed by atoms with Crippen molar-refractivity contribution in [1.82, 2.24) is 4.57 Å². The van der Waals surface area contributed by atoms with Crippen LogP contribution in [-0.2, 0) is 0 Å². The normalized spacial score (nSPS) is 11.6. The molecule has 4 aromatic carbocycles. The maximum absolute atomic E-state index is 6.45. The van der Waals surface area contributed by atoms with Crippen molar-refractivity contribution in [3.63, 3.8) is 0 Å². The van der Waals surface area contributed by atoms with Crippen LogP contribution in [0, 0.1) is 0 Å². The second-order valence-electron chi connectivity index (χ2n) is 7.16. The van der Waals surface area contributed by atoms with E-state index in [2.05, 4.69) is 71.3 Å². The highest BCUT2D eigenvalue weighted by molar-refractivity contribution is 6.30. The fraction of sp³-hybridized carbons (Fsp3) is 0. The summed E-state index contributed by atoms with van der Waals surface area (Å²) in [5, 5.41) is 4.20. The maximum atomic E-state index is 6.45. The number of para-hydroxylation sites is 2. The number of furan rings is 1. The Kier molecular flexibility index (Phi) is 3.56. The molecule has 0 saturated heterocycles. The number of nitrogens with zero attached hydrogens (tertiary/aromatic N) is 1. The summed E-state index contributed by atoms with van der Waals surface area (Å²) in [6.45, 7) is 0. The third-order valence-corrected chi connectivity index (χ3v) is 5.74. The molecule has 2 aromatic heterocycles. The van der Waals surface area contributed by atoms with E-state index in [0.29, 0.717) is 0 Å². The van der Waals surface area contributed by atoms with Gasteiger partial charge in [-0.1, -0.05) is 72.3 Å². The number of halogens is 1. The van der Waals surface area contributed by atoms with Gasteiger partial charge in [-0.3, -0.25) is 4.57 Å². The summed E-state index contributed by atoms with van der Waals surface area (Å²) in [5.41, 5.74) is 6.26. The van der Waals surface area contributed by atoms with Crippen LogP contribution in [0.25, 0.3) is 49.8 Å². The summed E-state index contributed by atoms with van der Waals surface area (Å²) in [7, 11) is 0. The van der Waals surface area contributed by atoms with Gasteiger partial charge in [0.25, 0.3) is 0 Å². The first-order chi connectivity index (χ1) is 14.3. The fourth-order valence-corrected chi connectivity index (χ4v) is 4.36. The molecular formula is C26H16ClNO. The maximum Gasteiger partial charge on any atom is 0.213 e. The fourth-order valence-electron chi connectivity index (χ4n) is 4.24. The lowest BCUT2D eigenvalue weighted by molar-refractivity contribution is 0.645. The molecule has 6 rings (SSSR count). The molecule has 0 saturated carbocycles. The molecular weight excluding hydrogens is 378 g/mol. The summed E-state index contributed by atoms with van der Waals surface area (Å²) in [5.74, 6) is 0. The van der Waals surface area contributed by atoms with Crippen LogP contribution < -0.4 is 0 Å². The van der Waals surface area contributed by atoms with Gasteiger partial charge in [-0.15, -0.1) is 0 Å². The van der Waals surface area contributed by atoms with Crippen molar-refractivity contribution in [1.29, 1.82) is 0 Å². The Bertz CT molecular complexity index is 1490. The molecule has 0 unspecified atom stereocenters. The van der Waals surface area contributed by atoms with E-state index in [4.69, 9.17) is 16.0 Å². The second-order valence-corrected chi connectivity index (χ2v) is 7.59. The molecule has 0 aliphatic heterocycles. The van der Waals surface area contributed by atoms with Crippen molar-refractivity contribution in [2.45, 2.75) is 0 Å². The topological polar surface area (TPSA) is 18.1 Å². The quantitative estimate of drug-likeness (QED) is 0.293. The van der Waals surface area contributed by atoms with Crippen molar-refractivity contribution in [2.24, 2.45) is 0 Å². The van der Waals surface area contributed by atoms with E-state index in [9.17, 15) is 0 Å². The number of hydrogen-bond donors (Lipinski definition) is 0. The minimum absolute atomic E-state index is 0.735. The van der Waals surface area contributed by atoms with E-state index in [-0.39, 0.29) is 0 Å². The minimum Gasteiger partial charge on any atom is -0.439 e. The highest BCUT2D eigenvalue weighted by Crippen LogP contribution is 2.42. The van der Waals surface area contributed by atoms with Crippen LogP contribution in [0.5, 0.6) is 0 Å². The molecule has 138 valence electrons. The van der Waals surface area contributed by atoms with E-state index < -0.39 is 0 Å². The number of fused-ring (bicyclic) bond motifs is 5. The number of benzene rings is 4. The molecule has 0 aliphatic rings. The van der Waals surface area contributed by atoms with Crippen molar-refractivity contribution >= 4 is 44.6 Å². The highest BCUT2D eigenvalue weighted by Gasteiger charge is 2.21. The van der Waals surface area contributed by atoms with Crippen LogP contribution in [0.15, 0.2) is 101 Å². The Morgan fingerprint density at radius 3 is 2.24 bits per heavy atom. The lowest BCUT2D eigenvalue weighted by Gasteiger charge is -2.05. The van der Waals surface area contributed by atoms with Crippen LogP contribution in [0.3, 0.4) is 0 Å². The first-order valence-corrected chi connectivity index (χ1v) is 9.95. The molecule has 0 N–H and O–H groups in total. The van der Waals surface area contributed by atoms with Crippen LogP contribution in [-0.4, -0.2) is 4.57 Å². The minimum atomic E-state index is 0.735. The van der Waals surface area contributed by atoms with Gasteiger partial charge in [0.1, 0.15) is 5.58 Å². The Balaban J connectivity index is 1.79. The molecule has 0 aliphatic carbocycles. The SMILES string of the molecule is Clc1ccc(-c2cccc3oc4c(c5ccccc5n4-c4ccccc4)c23)cc1. The highest BCUT2D eigenvalue weighted by atomic mass is 35.5. The molecule has 29 heavy (non-hydrogen) atoms. The molecule has 0 bridgehead atoms. The summed E-state index contributed by atoms with van der Waals surface area (Å²) in [6, 6.07) is 33.1. The van der Waals surface area contributed by atoms with Gasteiger partial charge < -0.3 is 4.42 Å². The molecule has 2 nitrogen and oxygen atoms in total. The Hall–Kier alpha value is -3.49. The zero-order valence-corrected chi connectivity index (χ0v) is 16.2. The van der Waals surface area contributed by atoms with Crippen molar-refractivity contribution in [3.05, 3.63) is 102 Å². The van der Waals surface area contributed by atoms with Gasteiger partial charge >= 0.3 is 0 Å². The van der Waals surface area contributed by atoms with Gasteiger partial charge in [0, 0.05) is 21.5 Å². The third kappa shape index (κ3) is 2.43. The molecule has 3 heteroatoms. The standard InChI is InChI=1S/C26H16ClNO/c27-18-15-13-17(14-16-18)20-10-6-12-23-24(20)25-21-9-4-5-11-22(21)28(26(25)29-23)19-7-2-1-3-8-19/h1-16H. The Labute approximate surface area is 172 Å². The number of hydrogen-bond acceptors (Lipinski definition) is 1. The smallest absolute Gasteiger partial charge is 0.213 e. The van der Waals surface area contributed by atoms with E-state index >= 15 is 0 Å². The largest absolute Gasteiger partial charge is 0.439 e. The number of rotatable bonds is 2. The average Bonchev–Trinajstić information content (AvgIpc) is 3.29. The first kappa shape index (κ1) is 16.5. The van der Waals surface area contributed by atoms with Gasteiger partial charge in [0.05, 0.1) is 10.9 Å². The van der Waals surface area contributed by atoms with Crippen LogP contribution in [0.1, 0.15) is 0 Å². The summed E-state index contributed by atoms with van der Waals surface area (Å²) >= 11 is 6.12. The lowest BCUT2D eigenvalue weighted by atomic mass is 9.99. The molecule has 0 amide bonds. The van der Waals surface area contributed by atoms with Crippen LogP contribution in [0.4, 0.5) is 0 Å². The number of aromatic nitrogens is 1. The molecule has 0 radical (unpaired) electrons. The predicted octanol–water partition coefficient (Wildman–Crippen LogP) is 7.85. The monoisotopic (exact) mass is 393 g/mol. The van der Waals surface area contributed by atoms with E-state index in [1.807, 2.05) is 30.3 Å². The first-order valence-electron chi connectivity index (χ1n) is 9.57. The van der Waals surface area contributed by atoms with Gasteiger partial charge in [-0.25, -0.2) is 0 Å². The van der Waals surface area contributed by atoms with Crippen LogP contribution >= 0.6 is 11.6 Å². The van der Waals surface area contributed by atoms with Crippen LogP contribution in [0.2, 0.25) is 5.02 Å². The summed E-state index contributed by atoms with van der Waals surface area (Å²) < 4.78 is 8.65. The summed E-state index contributed by atoms with van der Waals surface area (Å²) in [4.78, 5) is 0. The molecule has 2 heterocycles. The van der Waals surface area contributed by atoms with E-state index in [1.54, 1.807) is 0 Å². The lowest BCUT2D eigenvalue weighted by Crippen LogP contribution is -1.91. The van der Waals surface area contributed by atoms with Gasteiger partial charge in [-0.05, 0) is 47.5 Å². The van der Waals surface area contributed by atoms with Crippen molar-refractivity contribution < 1.29 is 4.42 Å². The average molecular weight is 394 g/mol. The Morgan fingerprint density at radius 2 is 1.41 bits per heavy atom. The van der Waals surface area contributed by atoms with E-state index in [1.165, 1.54) is 5.39 Å². The molecule has 0 fully saturated rings. The zero-order chi connectivity index (χ0) is 19.4. The molecule has 0 spiro atoms. The van der Waals surface area contributed by atoms with Crippen molar-refractivity contribution in [2.75, 3.05) is 0 Å². The van der Waals surface area contributed by atoms with Gasteiger partial charge in [0.2, 0.25) is 5.71 Å². The molecule has 0 atom stereocenters. The summed E-state index contributed by atoms with van der Waals surface area (Å²) in [6.07, 6.45) is 0. The van der Waals surface area contributed by atoms with E-state index in [0.717, 1.165) is 49.4 Å². The Morgan fingerprint density at radius 1 is 0.655 bits per heavy atom. The zero-order valence-electron chi connectivity index (χ0n) is 15.5. The van der Waals surface area contributed by atoms with Gasteiger partial charge in [0.15, 0.2) is 0 Å². The second kappa shape index (κ2) is 6.26. The van der Waals surface area contributed by atoms with Crippen molar-refractivity contribution in [3.8, 4) is 16.8 Å². The predicted molar refractivity (Wildman–Crippen MR) is 121 cm³/mol.